The van der Waals surface area contributed by atoms with Crippen molar-refractivity contribution in [2.75, 3.05) is 41.6 Å². The summed E-state index contributed by atoms with van der Waals surface area (Å²) in [6.07, 6.45) is 1.23. The average Bonchev–Trinajstić information content (AvgIpc) is 2.33. The Balaban J connectivity index is 3.09. The number of ether oxygens (including phenoxy) is 3. The van der Waals surface area contributed by atoms with Gasteiger partial charge in [-0.1, -0.05) is 19.6 Å². The fourth-order valence-corrected chi connectivity index (χ4v) is 5.74. The maximum absolute atomic E-state index is 5.43. The molecule has 4 nitrogen and oxygen atoms in total. The monoisotopic (exact) mass is 312 g/mol. The van der Waals surface area contributed by atoms with Crippen LogP contribution in [0.2, 0.25) is 19.6 Å². The molecule has 0 saturated heterocycles. The van der Waals surface area contributed by atoms with Gasteiger partial charge in [0.25, 0.3) is 0 Å². The highest BCUT2D eigenvalue weighted by molar-refractivity contribution is 6.75. The predicted molar refractivity (Wildman–Crippen MR) is 90.1 cm³/mol. The van der Waals surface area contributed by atoms with Crippen molar-refractivity contribution < 1.29 is 18.7 Å². The number of nitrogens with zero attached hydrogens (tertiary/aromatic N) is 1. The first-order valence-corrected chi connectivity index (χ1v) is 10.9. The van der Waals surface area contributed by atoms with Crippen LogP contribution in [0, 0.1) is 0 Å². The minimum absolute atomic E-state index is 0.652. The summed E-state index contributed by atoms with van der Waals surface area (Å²) in [4.78, 5) is 0. The van der Waals surface area contributed by atoms with Crippen LogP contribution in [0.25, 0.3) is 0 Å². The van der Waals surface area contributed by atoms with Crippen LogP contribution in [-0.4, -0.2) is 54.1 Å². The van der Waals surface area contributed by atoms with Crippen molar-refractivity contribution in [3.8, 4) is 17.2 Å². The Labute approximate surface area is 130 Å². The van der Waals surface area contributed by atoms with E-state index in [1.54, 1.807) is 21.3 Å². The van der Waals surface area contributed by atoms with Gasteiger partial charge in [-0.05, 0) is 12.1 Å². The van der Waals surface area contributed by atoms with Gasteiger partial charge in [0.1, 0.15) is 14.6 Å². The Kier molecular flexibility index (Phi) is 5.70. The molecule has 0 atom stereocenters. The molecule has 120 valence electrons. The van der Waals surface area contributed by atoms with E-state index in [4.69, 9.17) is 14.2 Å². The lowest BCUT2D eigenvalue weighted by Gasteiger charge is -2.35. The number of quaternary nitrogens is 1. The van der Waals surface area contributed by atoms with Crippen molar-refractivity contribution in [2.45, 2.75) is 26.2 Å². The second-order valence-electron chi connectivity index (χ2n) is 7.35. The predicted octanol–water partition coefficient (Wildman–Crippen LogP) is 3.17. The third-order valence-corrected chi connectivity index (χ3v) is 5.04. The summed E-state index contributed by atoms with van der Waals surface area (Å²) in [6.45, 7) is 8.16. The van der Waals surface area contributed by atoms with E-state index in [1.807, 2.05) is 12.1 Å². The molecular weight excluding hydrogens is 282 g/mol. The van der Waals surface area contributed by atoms with Gasteiger partial charge in [-0.2, -0.15) is 0 Å². The van der Waals surface area contributed by atoms with Gasteiger partial charge in [-0.3, -0.25) is 0 Å². The zero-order valence-electron chi connectivity index (χ0n) is 14.7. The molecule has 0 aliphatic rings. The zero-order chi connectivity index (χ0) is 16.3. The van der Waals surface area contributed by atoms with Gasteiger partial charge in [0.15, 0.2) is 11.5 Å². The van der Waals surface area contributed by atoms with Gasteiger partial charge in [-0.15, -0.1) is 0 Å². The van der Waals surface area contributed by atoms with Crippen LogP contribution in [0.15, 0.2) is 12.1 Å². The van der Waals surface area contributed by atoms with Crippen molar-refractivity contribution in [3.05, 3.63) is 17.7 Å². The normalized spacial score (nSPS) is 12.2. The molecule has 0 aliphatic heterocycles. The first kappa shape index (κ1) is 17.8. The maximum atomic E-state index is 5.43. The fourth-order valence-electron chi connectivity index (χ4n) is 3.06. The highest BCUT2D eigenvalue weighted by atomic mass is 28.3. The van der Waals surface area contributed by atoms with Crippen molar-refractivity contribution in [2.24, 2.45) is 0 Å². The largest absolute Gasteiger partial charge is 0.493 e. The lowest BCUT2D eigenvalue weighted by molar-refractivity contribution is -0.894. The van der Waals surface area contributed by atoms with E-state index in [1.165, 1.54) is 11.7 Å². The average molecular weight is 313 g/mol. The van der Waals surface area contributed by atoms with E-state index in [0.717, 1.165) is 22.5 Å². The summed E-state index contributed by atoms with van der Waals surface area (Å²) in [6, 6.07) is 4.09. The third kappa shape index (κ3) is 5.25. The number of methoxy groups -OCH3 is 3. The molecule has 1 aromatic carbocycles. The van der Waals surface area contributed by atoms with E-state index in [9.17, 15) is 0 Å². The molecule has 0 heterocycles. The number of hydrogen-bond acceptors (Lipinski definition) is 3. The molecule has 0 unspecified atom stereocenters. The van der Waals surface area contributed by atoms with Gasteiger partial charge in [0, 0.05) is 5.56 Å². The first-order chi connectivity index (χ1) is 9.61. The molecule has 1 rings (SSSR count). The number of hydrogen-bond donors (Lipinski definition) is 0. The van der Waals surface area contributed by atoms with Gasteiger partial charge in [-0.25, -0.2) is 0 Å². The number of rotatable bonds is 7. The second-order valence-corrected chi connectivity index (χ2v) is 12.8. The molecule has 0 aliphatic carbocycles. The molecule has 5 heteroatoms. The van der Waals surface area contributed by atoms with Crippen LogP contribution in [0.4, 0.5) is 0 Å². The molecule has 0 saturated carbocycles. The van der Waals surface area contributed by atoms with Gasteiger partial charge in [0.2, 0.25) is 5.75 Å². The van der Waals surface area contributed by atoms with Crippen LogP contribution >= 0.6 is 0 Å². The lowest BCUT2D eigenvalue weighted by Crippen LogP contribution is -2.49. The van der Waals surface area contributed by atoms with Crippen molar-refractivity contribution in [1.29, 1.82) is 0 Å². The molecule has 0 fully saturated rings. The smallest absolute Gasteiger partial charge is 0.203 e. The SMILES string of the molecule is COc1cc(C[N+](C)(C)C[Si](C)(C)C)cc(OC)c1OC. The molecule has 0 radical (unpaired) electrons. The second kappa shape index (κ2) is 6.71. The fraction of sp³-hybridized carbons (Fsp3) is 0.625. The molecule has 0 spiro atoms. The Bertz CT molecular complexity index is 456. The highest BCUT2D eigenvalue weighted by Gasteiger charge is 2.27. The summed E-state index contributed by atoms with van der Waals surface area (Å²) < 4.78 is 17.2. The van der Waals surface area contributed by atoms with Crippen molar-refractivity contribution >= 4 is 8.07 Å². The van der Waals surface area contributed by atoms with Crippen LogP contribution in [0.5, 0.6) is 17.2 Å². The Hall–Kier alpha value is -1.20. The first-order valence-electron chi connectivity index (χ1n) is 7.23. The Morgan fingerprint density at radius 1 is 0.905 bits per heavy atom. The van der Waals surface area contributed by atoms with Crippen LogP contribution in [0.3, 0.4) is 0 Å². The van der Waals surface area contributed by atoms with E-state index >= 15 is 0 Å². The minimum atomic E-state index is -1.12. The maximum Gasteiger partial charge on any atom is 0.203 e. The van der Waals surface area contributed by atoms with Crippen molar-refractivity contribution in [3.63, 3.8) is 0 Å². The standard InChI is InChI=1S/C16H30NO3Si/c1-17(2,12-21(6,7)8)11-13-9-14(18-3)16(20-5)15(10-13)19-4/h9-10H,11-12H2,1-8H3/q+1. The molecule has 0 N–H and O–H groups in total. The van der Waals surface area contributed by atoms with E-state index in [2.05, 4.69) is 33.7 Å². The zero-order valence-corrected chi connectivity index (χ0v) is 15.7. The molecule has 0 amide bonds. The topological polar surface area (TPSA) is 27.7 Å². The summed E-state index contributed by atoms with van der Waals surface area (Å²) in [5, 5.41) is 0. The molecular formula is C16H30NO3Si+. The van der Waals surface area contributed by atoms with E-state index in [0.29, 0.717) is 5.75 Å². The molecule has 0 bridgehead atoms. The van der Waals surface area contributed by atoms with Gasteiger partial charge >= 0.3 is 0 Å². The van der Waals surface area contributed by atoms with Crippen LogP contribution in [-0.2, 0) is 6.54 Å². The lowest BCUT2D eigenvalue weighted by atomic mass is 10.1. The van der Waals surface area contributed by atoms with Gasteiger partial charge < -0.3 is 18.7 Å². The van der Waals surface area contributed by atoms with Crippen molar-refractivity contribution in [1.82, 2.24) is 0 Å². The van der Waals surface area contributed by atoms with E-state index in [-0.39, 0.29) is 0 Å². The highest BCUT2D eigenvalue weighted by Crippen LogP contribution is 2.38. The van der Waals surface area contributed by atoms with E-state index < -0.39 is 8.07 Å². The Morgan fingerprint density at radius 3 is 1.71 bits per heavy atom. The molecule has 1 aromatic rings. The Morgan fingerprint density at radius 2 is 1.38 bits per heavy atom. The molecule has 0 aromatic heterocycles. The van der Waals surface area contributed by atoms with Crippen LogP contribution in [0.1, 0.15) is 5.56 Å². The summed E-state index contributed by atoms with van der Waals surface area (Å²) in [5.41, 5.74) is 1.20. The summed E-state index contributed by atoms with van der Waals surface area (Å²) in [5.74, 6) is 2.10. The summed E-state index contributed by atoms with van der Waals surface area (Å²) >= 11 is 0. The summed E-state index contributed by atoms with van der Waals surface area (Å²) in [7, 11) is 8.38. The number of benzene rings is 1. The molecule has 21 heavy (non-hydrogen) atoms. The minimum Gasteiger partial charge on any atom is -0.493 e. The quantitative estimate of drug-likeness (QED) is 0.572. The van der Waals surface area contributed by atoms with Gasteiger partial charge in [0.05, 0.1) is 41.6 Å². The van der Waals surface area contributed by atoms with Crippen LogP contribution < -0.4 is 14.2 Å². The third-order valence-electron chi connectivity index (χ3n) is 3.24.